The summed E-state index contributed by atoms with van der Waals surface area (Å²) < 4.78 is 54.0. The van der Waals surface area contributed by atoms with E-state index < -0.39 is 23.4 Å². The number of hydrogen-bond acceptors (Lipinski definition) is 4. The van der Waals surface area contributed by atoms with E-state index in [4.69, 9.17) is 0 Å². The lowest BCUT2D eigenvalue weighted by Crippen LogP contribution is -2.17. The van der Waals surface area contributed by atoms with Gasteiger partial charge in [-0.15, -0.1) is 0 Å². The van der Waals surface area contributed by atoms with E-state index in [9.17, 15) is 17.6 Å². The van der Waals surface area contributed by atoms with Gasteiger partial charge in [0.25, 0.3) is 0 Å². The Balaban J connectivity index is 1.99. The number of rotatable bonds is 4. The minimum Gasteiger partial charge on any atom is -0.340 e. The number of benzene rings is 2. The van der Waals surface area contributed by atoms with Crippen molar-refractivity contribution in [3.05, 3.63) is 69.7 Å². The molecule has 1 aromatic heterocycles. The van der Waals surface area contributed by atoms with Crippen molar-refractivity contribution in [2.75, 3.05) is 17.3 Å². The number of nitrogens with zero attached hydrogens (tertiary/aromatic N) is 3. The van der Waals surface area contributed by atoms with Crippen molar-refractivity contribution in [3.8, 4) is 0 Å². The first-order chi connectivity index (χ1) is 12.7. The van der Waals surface area contributed by atoms with Crippen LogP contribution in [-0.4, -0.2) is 17.0 Å². The Morgan fingerprint density at radius 2 is 1.63 bits per heavy atom. The summed E-state index contributed by atoms with van der Waals surface area (Å²) >= 11 is 2.16. The van der Waals surface area contributed by atoms with Gasteiger partial charge in [-0.1, -0.05) is 0 Å². The van der Waals surface area contributed by atoms with Crippen molar-refractivity contribution in [2.45, 2.75) is 6.18 Å². The number of anilines is 4. The summed E-state index contributed by atoms with van der Waals surface area (Å²) in [7, 11) is 1.66. The zero-order valence-corrected chi connectivity index (χ0v) is 16.1. The van der Waals surface area contributed by atoms with Crippen LogP contribution in [0.5, 0.6) is 0 Å². The van der Waals surface area contributed by atoms with Crippen LogP contribution in [0.2, 0.25) is 0 Å². The molecule has 0 bridgehead atoms. The molecule has 3 rings (SSSR count). The average molecular weight is 488 g/mol. The third-order valence-electron chi connectivity index (χ3n) is 3.70. The highest BCUT2D eigenvalue weighted by Crippen LogP contribution is 2.36. The van der Waals surface area contributed by atoms with E-state index in [2.05, 4.69) is 37.9 Å². The summed E-state index contributed by atoms with van der Waals surface area (Å²) in [6, 6.07) is 12.3. The van der Waals surface area contributed by atoms with Crippen LogP contribution in [0.15, 0.2) is 54.7 Å². The topological polar surface area (TPSA) is 41.1 Å². The van der Waals surface area contributed by atoms with Crippen LogP contribution in [0.3, 0.4) is 0 Å². The fourth-order valence-electron chi connectivity index (χ4n) is 2.29. The summed E-state index contributed by atoms with van der Waals surface area (Å²) in [6.45, 7) is 0. The summed E-state index contributed by atoms with van der Waals surface area (Å²) in [5, 5.41) is 2.60. The fourth-order valence-corrected chi connectivity index (χ4v) is 2.65. The van der Waals surface area contributed by atoms with Crippen LogP contribution in [-0.2, 0) is 6.18 Å². The zero-order chi connectivity index (χ0) is 19.6. The first kappa shape index (κ1) is 19.3. The first-order valence-corrected chi connectivity index (χ1v) is 8.78. The normalized spacial score (nSPS) is 11.3. The van der Waals surface area contributed by atoms with Gasteiger partial charge in [0.15, 0.2) is 0 Å². The van der Waals surface area contributed by atoms with Crippen molar-refractivity contribution in [3.63, 3.8) is 0 Å². The molecule has 0 aliphatic heterocycles. The molecule has 0 spiro atoms. The van der Waals surface area contributed by atoms with Crippen molar-refractivity contribution in [1.29, 1.82) is 0 Å². The lowest BCUT2D eigenvalue weighted by atomic mass is 10.2. The molecule has 0 fully saturated rings. The predicted octanol–water partition coefficient (Wildman–Crippen LogP) is 5.75. The van der Waals surface area contributed by atoms with Crippen LogP contribution in [0.4, 0.5) is 40.7 Å². The maximum Gasteiger partial charge on any atom is 0.421 e. The van der Waals surface area contributed by atoms with Gasteiger partial charge in [-0.2, -0.15) is 18.2 Å². The van der Waals surface area contributed by atoms with Gasteiger partial charge in [-0.3, -0.25) is 0 Å². The van der Waals surface area contributed by atoms with Gasteiger partial charge >= 0.3 is 6.18 Å². The molecule has 1 N–H and O–H groups in total. The van der Waals surface area contributed by atoms with Crippen molar-refractivity contribution in [1.82, 2.24) is 9.97 Å². The molecule has 0 atom stereocenters. The second-order valence-electron chi connectivity index (χ2n) is 5.60. The Kier molecular flexibility index (Phi) is 5.49. The summed E-state index contributed by atoms with van der Waals surface area (Å²) in [5.41, 5.74) is -0.00189. The minimum absolute atomic E-state index is 0.0915. The van der Waals surface area contributed by atoms with E-state index >= 15 is 0 Å². The van der Waals surface area contributed by atoms with Crippen LogP contribution in [0.1, 0.15) is 5.56 Å². The van der Waals surface area contributed by atoms with Crippen molar-refractivity contribution >= 4 is 45.7 Å². The number of hydrogen-bond donors (Lipinski definition) is 1. The van der Waals surface area contributed by atoms with E-state index in [-0.39, 0.29) is 11.6 Å². The van der Waals surface area contributed by atoms with E-state index in [1.165, 1.54) is 12.1 Å². The van der Waals surface area contributed by atoms with Gasteiger partial charge in [0.1, 0.15) is 17.2 Å². The van der Waals surface area contributed by atoms with Gasteiger partial charge in [-0.25, -0.2) is 9.37 Å². The van der Waals surface area contributed by atoms with Crippen LogP contribution >= 0.6 is 22.6 Å². The van der Waals surface area contributed by atoms with Crippen LogP contribution in [0, 0.1) is 9.39 Å². The van der Waals surface area contributed by atoms with Crippen LogP contribution in [0.25, 0.3) is 0 Å². The predicted molar refractivity (Wildman–Crippen MR) is 104 cm³/mol. The summed E-state index contributed by atoms with van der Waals surface area (Å²) in [5.74, 6) is -0.802. The molecule has 1 heterocycles. The van der Waals surface area contributed by atoms with Crippen LogP contribution < -0.4 is 10.2 Å². The largest absolute Gasteiger partial charge is 0.421 e. The molecule has 0 saturated heterocycles. The third-order valence-corrected chi connectivity index (χ3v) is 4.42. The standard InChI is InChI=1S/C18H13F4IN4/c1-27(14-8-4-12(23)5-9-14)17-24-10-15(18(20,21)22)16(26-17)25-13-6-2-11(19)3-7-13/h2-10H,1H3,(H,24,25,26). The third kappa shape index (κ3) is 4.65. The Morgan fingerprint density at radius 3 is 2.22 bits per heavy atom. The molecule has 0 aliphatic rings. The number of aromatic nitrogens is 2. The highest BCUT2D eigenvalue weighted by atomic mass is 127. The molecule has 0 radical (unpaired) electrons. The maximum absolute atomic E-state index is 13.3. The Bertz CT molecular complexity index is 928. The maximum atomic E-state index is 13.3. The van der Waals surface area contributed by atoms with Crippen molar-refractivity contribution < 1.29 is 17.6 Å². The second kappa shape index (κ2) is 7.67. The second-order valence-corrected chi connectivity index (χ2v) is 6.84. The Hall–Kier alpha value is -2.43. The van der Waals surface area contributed by atoms with E-state index in [0.717, 1.165) is 27.6 Å². The molecule has 0 aliphatic carbocycles. The number of halogens is 5. The van der Waals surface area contributed by atoms with Gasteiger partial charge in [0.05, 0.1) is 0 Å². The monoisotopic (exact) mass is 488 g/mol. The molecule has 0 unspecified atom stereocenters. The molecule has 9 heteroatoms. The molecule has 2 aromatic carbocycles. The average Bonchev–Trinajstić information content (AvgIpc) is 2.63. The lowest BCUT2D eigenvalue weighted by Gasteiger charge is -2.20. The number of alkyl halides is 3. The molecule has 140 valence electrons. The quantitative estimate of drug-likeness (QED) is 0.375. The molecule has 0 amide bonds. The highest BCUT2D eigenvalue weighted by molar-refractivity contribution is 14.1. The molecular formula is C18H13F4IN4. The molecular weight excluding hydrogens is 475 g/mol. The molecule has 4 nitrogen and oxygen atoms in total. The first-order valence-electron chi connectivity index (χ1n) is 7.70. The van der Waals surface area contributed by atoms with E-state index in [1.54, 1.807) is 11.9 Å². The lowest BCUT2D eigenvalue weighted by molar-refractivity contribution is -0.137. The van der Waals surface area contributed by atoms with Gasteiger partial charge in [0.2, 0.25) is 5.95 Å². The smallest absolute Gasteiger partial charge is 0.340 e. The van der Waals surface area contributed by atoms with E-state index in [0.29, 0.717) is 0 Å². The molecule has 3 aromatic rings. The Morgan fingerprint density at radius 1 is 1.00 bits per heavy atom. The number of nitrogens with one attached hydrogen (secondary N) is 1. The Labute approximate surface area is 166 Å². The molecule has 27 heavy (non-hydrogen) atoms. The zero-order valence-electron chi connectivity index (χ0n) is 13.9. The van der Waals surface area contributed by atoms with Gasteiger partial charge < -0.3 is 10.2 Å². The van der Waals surface area contributed by atoms with Crippen molar-refractivity contribution in [2.24, 2.45) is 0 Å². The van der Waals surface area contributed by atoms with Gasteiger partial charge in [0, 0.05) is 28.2 Å². The van der Waals surface area contributed by atoms with E-state index in [1.807, 2.05) is 24.3 Å². The molecule has 0 saturated carbocycles. The SMILES string of the molecule is CN(c1ccc(I)cc1)c1ncc(C(F)(F)F)c(Nc2ccc(F)cc2)n1. The van der Waals surface area contributed by atoms with Gasteiger partial charge in [-0.05, 0) is 71.1 Å². The minimum atomic E-state index is -4.64. The fraction of sp³-hybridized carbons (Fsp3) is 0.111. The summed E-state index contributed by atoms with van der Waals surface area (Å²) in [4.78, 5) is 9.47. The highest BCUT2D eigenvalue weighted by Gasteiger charge is 2.35. The summed E-state index contributed by atoms with van der Waals surface area (Å²) in [6.07, 6.45) is -3.90.